The van der Waals surface area contributed by atoms with Crippen LogP contribution in [0.1, 0.15) is 43.3 Å². The Kier molecular flexibility index (Phi) is 4.31. The van der Waals surface area contributed by atoms with E-state index in [0.717, 1.165) is 18.7 Å². The summed E-state index contributed by atoms with van der Waals surface area (Å²) in [5.74, 6) is 1.33. The van der Waals surface area contributed by atoms with E-state index < -0.39 is 10.0 Å². The molecule has 1 aromatic heterocycles. The second-order valence-corrected chi connectivity index (χ2v) is 9.60. The van der Waals surface area contributed by atoms with E-state index in [1.54, 1.807) is 4.90 Å². The highest BCUT2D eigenvalue weighted by molar-refractivity contribution is 7.88. The number of amides is 1. The number of carbonyl (C=O) groups is 1. The van der Waals surface area contributed by atoms with Gasteiger partial charge < -0.3 is 14.2 Å². The maximum atomic E-state index is 12.2. The molecule has 3 heterocycles. The third kappa shape index (κ3) is 3.14. The molecule has 0 bridgehead atoms. The minimum atomic E-state index is -3.32. The summed E-state index contributed by atoms with van der Waals surface area (Å²) in [6.07, 6.45) is 3.36. The van der Waals surface area contributed by atoms with E-state index in [1.807, 2.05) is 6.92 Å². The number of aromatic nitrogens is 2. The van der Waals surface area contributed by atoms with Crippen LogP contribution in [0, 0.1) is 5.41 Å². The van der Waals surface area contributed by atoms with Crippen molar-refractivity contribution in [3.8, 4) is 0 Å². The second-order valence-electron chi connectivity index (χ2n) is 7.62. The molecule has 1 aliphatic carbocycles. The van der Waals surface area contributed by atoms with E-state index in [0.29, 0.717) is 44.6 Å². The Balaban J connectivity index is 1.53. The topological polar surface area (TPSA) is 106 Å². The lowest BCUT2D eigenvalue weighted by molar-refractivity contribution is -0.148. The number of ether oxygens (including phenoxy) is 1. The Morgan fingerprint density at radius 3 is 2.69 bits per heavy atom. The first-order chi connectivity index (χ1) is 12.3. The molecule has 0 N–H and O–H groups in total. The average molecular weight is 384 g/mol. The Morgan fingerprint density at radius 1 is 1.35 bits per heavy atom. The zero-order valence-corrected chi connectivity index (χ0v) is 15.9. The molecular formula is C16H24N4O5S. The molecule has 4 rings (SSSR count). The molecule has 1 atom stereocenters. The van der Waals surface area contributed by atoms with Crippen molar-refractivity contribution in [2.24, 2.45) is 5.41 Å². The normalized spacial score (nSPS) is 25.6. The van der Waals surface area contributed by atoms with Crippen molar-refractivity contribution in [2.75, 3.05) is 45.6 Å². The Hall–Kier alpha value is -1.52. The maximum Gasteiger partial charge on any atom is 0.248 e. The fourth-order valence-electron chi connectivity index (χ4n) is 3.90. The molecule has 0 radical (unpaired) electrons. The molecule has 2 aliphatic heterocycles. The van der Waals surface area contributed by atoms with Gasteiger partial charge in [0, 0.05) is 44.1 Å². The smallest absolute Gasteiger partial charge is 0.248 e. The van der Waals surface area contributed by atoms with Gasteiger partial charge in [-0.3, -0.25) is 4.79 Å². The number of nitrogens with zero attached hydrogens (tertiary/aromatic N) is 4. The van der Waals surface area contributed by atoms with Crippen LogP contribution in [0.25, 0.3) is 0 Å². The molecule has 1 aromatic rings. The van der Waals surface area contributed by atoms with Gasteiger partial charge in [0.1, 0.15) is 6.61 Å². The number of sulfonamides is 1. The van der Waals surface area contributed by atoms with Crippen molar-refractivity contribution in [2.45, 2.75) is 31.6 Å². The third-order valence-electron chi connectivity index (χ3n) is 5.58. The van der Waals surface area contributed by atoms with Crippen LogP contribution in [0.4, 0.5) is 0 Å². The number of carbonyl (C=O) groups excluding carboxylic acids is 1. The van der Waals surface area contributed by atoms with E-state index in [4.69, 9.17) is 9.26 Å². The molecule has 1 unspecified atom stereocenters. The molecule has 9 nitrogen and oxygen atoms in total. The lowest BCUT2D eigenvalue weighted by atomic mass is 9.71. The van der Waals surface area contributed by atoms with Gasteiger partial charge in [-0.05, 0) is 19.8 Å². The van der Waals surface area contributed by atoms with Gasteiger partial charge >= 0.3 is 0 Å². The zero-order chi connectivity index (χ0) is 18.5. The first-order valence-electron chi connectivity index (χ1n) is 8.96. The van der Waals surface area contributed by atoms with E-state index in [-0.39, 0.29) is 23.8 Å². The van der Waals surface area contributed by atoms with Crippen molar-refractivity contribution < 1.29 is 22.5 Å². The van der Waals surface area contributed by atoms with Crippen LogP contribution in [-0.4, -0.2) is 79.3 Å². The molecule has 1 amide bonds. The summed E-state index contributed by atoms with van der Waals surface area (Å²) in [5, 5.41) is 4.07. The average Bonchev–Trinajstić information content (AvgIpc) is 3.13. The number of rotatable bonds is 6. The van der Waals surface area contributed by atoms with Gasteiger partial charge in [0.15, 0.2) is 5.82 Å². The van der Waals surface area contributed by atoms with E-state index in [1.165, 1.54) is 10.6 Å². The largest absolute Gasteiger partial charge is 0.372 e. The summed E-state index contributed by atoms with van der Waals surface area (Å²) >= 11 is 0. The molecule has 1 saturated carbocycles. The molecule has 1 spiro atoms. The van der Waals surface area contributed by atoms with Crippen LogP contribution in [0.15, 0.2) is 4.52 Å². The molecule has 2 saturated heterocycles. The first-order valence-corrected chi connectivity index (χ1v) is 10.8. The predicted molar refractivity (Wildman–Crippen MR) is 90.9 cm³/mol. The number of likely N-dealkylation sites (tertiary alicyclic amines) is 1. The number of hydrogen-bond donors (Lipinski definition) is 0. The summed E-state index contributed by atoms with van der Waals surface area (Å²) in [7, 11) is -3.32. The highest BCUT2D eigenvalue weighted by atomic mass is 32.2. The quantitative estimate of drug-likeness (QED) is 0.688. The minimum absolute atomic E-state index is 0.0550. The zero-order valence-electron chi connectivity index (χ0n) is 15.0. The number of hydrogen-bond acceptors (Lipinski definition) is 7. The summed E-state index contributed by atoms with van der Waals surface area (Å²) in [4.78, 5) is 18.4. The summed E-state index contributed by atoms with van der Waals surface area (Å²) in [6.45, 7) is 4.04. The maximum absolute atomic E-state index is 12.2. The SMILES string of the molecule is CCOCC(=O)N1CC2(C1)CN(S(C)(=O)=O)CC2c1nc(C2CC2)no1. The Labute approximate surface area is 152 Å². The van der Waals surface area contributed by atoms with Crippen molar-refractivity contribution >= 4 is 15.9 Å². The Morgan fingerprint density at radius 2 is 2.08 bits per heavy atom. The van der Waals surface area contributed by atoms with Crippen LogP contribution in [0.5, 0.6) is 0 Å². The van der Waals surface area contributed by atoms with Gasteiger partial charge in [0.25, 0.3) is 0 Å². The fraction of sp³-hybridized carbons (Fsp3) is 0.812. The summed E-state index contributed by atoms with van der Waals surface area (Å²) < 4.78 is 36.3. The van der Waals surface area contributed by atoms with Gasteiger partial charge in [-0.15, -0.1) is 0 Å². The van der Waals surface area contributed by atoms with Crippen LogP contribution < -0.4 is 0 Å². The molecular weight excluding hydrogens is 360 g/mol. The van der Waals surface area contributed by atoms with E-state index in [9.17, 15) is 13.2 Å². The predicted octanol–water partition coefficient (Wildman–Crippen LogP) is 0.171. The fourth-order valence-corrected chi connectivity index (χ4v) is 4.81. The van der Waals surface area contributed by atoms with E-state index in [2.05, 4.69) is 10.1 Å². The molecule has 10 heteroatoms. The summed E-state index contributed by atoms with van der Waals surface area (Å²) in [6, 6.07) is 0. The highest BCUT2D eigenvalue weighted by Crippen LogP contribution is 2.50. The second kappa shape index (κ2) is 6.28. The minimum Gasteiger partial charge on any atom is -0.372 e. The van der Waals surface area contributed by atoms with Crippen molar-refractivity contribution in [1.29, 1.82) is 0 Å². The van der Waals surface area contributed by atoms with Gasteiger partial charge in [-0.25, -0.2) is 12.7 Å². The van der Waals surface area contributed by atoms with Crippen LogP contribution in [-0.2, 0) is 19.6 Å². The van der Waals surface area contributed by atoms with Crippen LogP contribution in [0.3, 0.4) is 0 Å². The standard InChI is InChI=1S/C16H24N4O5S/c1-3-24-7-13(21)19-8-16(9-19)10-20(26(2,22)23)6-12(16)15-17-14(18-25-15)11-4-5-11/h11-12H,3-10H2,1-2H3. The van der Waals surface area contributed by atoms with Crippen LogP contribution in [0.2, 0.25) is 0 Å². The molecule has 3 fully saturated rings. The molecule has 144 valence electrons. The van der Waals surface area contributed by atoms with Gasteiger partial charge in [-0.2, -0.15) is 4.98 Å². The van der Waals surface area contributed by atoms with Crippen molar-refractivity contribution in [1.82, 2.24) is 19.3 Å². The summed E-state index contributed by atoms with van der Waals surface area (Å²) in [5.41, 5.74) is -0.363. The lowest BCUT2D eigenvalue weighted by Gasteiger charge is -2.50. The van der Waals surface area contributed by atoms with Gasteiger partial charge in [0.05, 0.1) is 12.2 Å². The first kappa shape index (κ1) is 17.9. The Bertz CT molecular complexity index is 797. The van der Waals surface area contributed by atoms with Gasteiger partial charge in [-0.1, -0.05) is 5.16 Å². The van der Waals surface area contributed by atoms with Crippen LogP contribution >= 0.6 is 0 Å². The molecule has 3 aliphatic rings. The monoisotopic (exact) mass is 384 g/mol. The molecule has 0 aromatic carbocycles. The highest BCUT2D eigenvalue weighted by Gasteiger charge is 2.59. The molecule has 26 heavy (non-hydrogen) atoms. The lowest BCUT2D eigenvalue weighted by Crippen LogP contribution is -2.62. The van der Waals surface area contributed by atoms with E-state index >= 15 is 0 Å². The van der Waals surface area contributed by atoms with Crippen molar-refractivity contribution in [3.05, 3.63) is 11.7 Å². The van der Waals surface area contributed by atoms with Crippen molar-refractivity contribution in [3.63, 3.8) is 0 Å². The van der Waals surface area contributed by atoms with Gasteiger partial charge in [0.2, 0.25) is 21.8 Å². The third-order valence-corrected chi connectivity index (χ3v) is 6.79.